The largest absolute Gasteiger partial charge is 0.457 e. The summed E-state index contributed by atoms with van der Waals surface area (Å²) in [4.78, 5) is 17.3. The van der Waals surface area contributed by atoms with Gasteiger partial charge in [-0.25, -0.2) is 18.3 Å². The number of rotatable bonds is 4. The van der Waals surface area contributed by atoms with E-state index in [-0.39, 0.29) is 46.3 Å². The second kappa shape index (κ2) is 9.31. The summed E-state index contributed by atoms with van der Waals surface area (Å²) in [6.07, 6.45) is 0. The van der Waals surface area contributed by atoms with Crippen LogP contribution in [-0.4, -0.2) is 44.2 Å². The Kier molecular flexibility index (Phi) is 6.47. The number of nitrogens with zero attached hydrogens (tertiary/aromatic N) is 2. The third kappa shape index (κ3) is 4.48. The molecule has 2 heterocycles. The van der Waals surface area contributed by atoms with Crippen LogP contribution in [0.2, 0.25) is 0 Å². The first-order valence-corrected chi connectivity index (χ1v) is 9.91. The third-order valence-electron chi connectivity index (χ3n) is 5.13. The van der Waals surface area contributed by atoms with Gasteiger partial charge in [0.05, 0.1) is 5.69 Å². The van der Waals surface area contributed by atoms with E-state index in [1.165, 1.54) is 22.7 Å². The van der Waals surface area contributed by atoms with Crippen molar-refractivity contribution >= 4 is 35.2 Å². The Hall–Kier alpha value is -3.26. The molecule has 0 unspecified atom stereocenters. The van der Waals surface area contributed by atoms with Gasteiger partial charge in [-0.05, 0) is 55.5 Å². The van der Waals surface area contributed by atoms with Crippen molar-refractivity contribution in [3.05, 3.63) is 107 Å². The molecule has 0 spiro atoms. The van der Waals surface area contributed by atoms with Crippen molar-refractivity contribution in [2.24, 2.45) is 0 Å². The van der Waals surface area contributed by atoms with Crippen LogP contribution < -0.4 is 10.3 Å². The summed E-state index contributed by atoms with van der Waals surface area (Å²) >= 11 is 0. The van der Waals surface area contributed by atoms with Gasteiger partial charge in [-0.2, -0.15) is 0 Å². The number of aromatic nitrogens is 3. The minimum atomic E-state index is -0.725. The zero-order chi connectivity index (χ0) is 22.2. The van der Waals surface area contributed by atoms with Crippen LogP contribution in [0.15, 0.2) is 83.7 Å². The number of benzene rings is 3. The van der Waals surface area contributed by atoms with Crippen molar-refractivity contribution in [3.63, 3.8) is 0 Å². The molecule has 0 bridgehead atoms. The Morgan fingerprint density at radius 1 is 0.909 bits per heavy atom. The molecule has 2 aromatic heterocycles. The maximum absolute atomic E-state index is 14.5. The van der Waals surface area contributed by atoms with E-state index in [0.717, 1.165) is 6.07 Å². The van der Waals surface area contributed by atoms with Crippen molar-refractivity contribution in [1.82, 2.24) is 14.6 Å². The number of para-hydroxylation sites is 1. The molecule has 5 nitrogen and oxygen atoms in total. The Morgan fingerprint density at radius 3 is 2.30 bits per heavy atom. The molecule has 5 rings (SSSR count). The number of hydrogen-bond donors (Lipinski definition) is 1. The summed E-state index contributed by atoms with van der Waals surface area (Å²) in [5, 5.41) is 2.91. The van der Waals surface area contributed by atoms with Crippen molar-refractivity contribution < 1.29 is 13.5 Å². The predicted molar refractivity (Wildman–Crippen MR) is 124 cm³/mol. The third-order valence-corrected chi connectivity index (χ3v) is 5.13. The number of ether oxygens (including phenoxy) is 1. The van der Waals surface area contributed by atoms with Gasteiger partial charge < -0.3 is 4.74 Å². The van der Waals surface area contributed by atoms with Gasteiger partial charge in [0.25, 0.3) is 5.56 Å². The molecular weight excluding hydrogens is 435 g/mol. The average Bonchev–Trinajstić information content (AvgIpc) is 3.11. The van der Waals surface area contributed by atoms with E-state index in [2.05, 4.69) is 10.1 Å². The molecule has 159 valence electrons. The van der Waals surface area contributed by atoms with Gasteiger partial charge in [0, 0.05) is 64.1 Å². The van der Waals surface area contributed by atoms with E-state index in [0.29, 0.717) is 34.0 Å². The first-order valence-electron chi connectivity index (χ1n) is 9.91. The van der Waals surface area contributed by atoms with Crippen LogP contribution in [0, 0.1) is 18.6 Å². The minimum absolute atomic E-state index is 0. The van der Waals surface area contributed by atoms with E-state index in [1.54, 1.807) is 31.2 Å². The predicted octanol–water partition coefficient (Wildman–Crippen LogP) is 5.35. The van der Waals surface area contributed by atoms with Crippen LogP contribution in [0.1, 0.15) is 5.69 Å². The zero-order valence-electron chi connectivity index (χ0n) is 18.0. The van der Waals surface area contributed by atoms with Crippen molar-refractivity contribution in [1.29, 1.82) is 0 Å². The number of aryl methyl sites for hydroxylation is 1. The molecule has 0 saturated heterocycles. The number of fused-ring (bicyclic) bond motifs is 1. The van der Waals surface area contributed by atoms with Gasteiger partial charge in [0.2, 0.25) is 0 Å². The van der Waals surface area contributed by atoms with E-state index < -0.39 is 11.6 Å². The quantitative estimate of drug-likeness (QED) is 0.374. The van der Waals surface area contributed by atoms with E-state index in [9.17, 15) is 13.6 Å². The minimum Gasteiger partial charge on any atom is -0.457 e. The van der Waals surface area contributed by atoms with Crippen LogP contribution >= 0.6 is 0 Å². The summed E-state index contributed by atoms with van der Waals surface area (Å²) in [5.41, 5.74) is 2.18. The van der Waals surface area contributed by atoms with Crippen molar-refractivity contribution in [2.45, 2.75) is 6.92 Å². The normalized spacial score (nSPS) is 10.8. The number of nitrogens with one attached hydrogen (secondary N) is 1. The van der Waals surface area contributed by atoms with Crippen molar-refractivity contribution in [3.8, 4) is 33.9 Å². The number of H-pyrrole nitrogens is 1. The number of halogens is 2. The molecule has 0 atom stereocenters. The number of aromatic amines is 1. The molecule has 0 fully saturated rings. The molecule has 0 amide bonds. The summed E-state index contributed by atoms with van der Waals surface area (Å²) in [6.45, 7) is 1.71. The second-order valence-corrected chi connectivity index (χ2v) is 7.31. The molecule has 1 radical (unpaired) electrons. The van der Waals surface area contributed by atoms with Crippen LogP contribution in [0.25, 0.3) is 28.0 Å². The standard InChI is InChI=1S/C25H17F2N3O2.Na/c1-15-24(20-12-9-17(26)13-21(20)27)25-28-22(14-23(31)30(25)29-15)16-7-10-19(11-8-16)32-18-5-3-2-4-6-18;/h2-14,29H,1H3;. The molecule has 3 aromatic carbocycles. The van der Waals surface area contributed by atoms with Gasteiger partial charge in [-0.15, -0.1) is 0 Å². The van der Waals surface area contributed by atoms with E-state index in [4.69, 9.17) is 4.74 Å². The van der Waals surface area contributed by atoms with Crippen LogP contribution in [-0.2, 0) is 0 Å². The molecule has 1 N–H and O–H groups in total. The maximum Gasteiger partial charge on any atom is 0.273 e. The van der Waals surface area contributed by atoms with Crippen LogP contribution in [0.3, 0.4) is 0 Å². The molecule has 0 aliphatic carbocycles. The summed E-state index contributed by atoms with van der Waals surface area (Å²) in [5.74, 6) is -0.0415. The molecule has 0 saturated carbocycles. The Morgan fingerprint density at radius 2 is 1.61 bits per heavy atom. The molecule has 8 heteroatoms. The SMILES string of the molecule is Cc1[nH]n2c(=O)cc(-c3ccc(Oc4ccccc4)cc3)nc2c1-c1ccc(F)cc1F.[Na]. The Bertz CT molecular complexity index is 1500. The smallest absolute Gasteiger partial charge is 0.273 e. The fourth-order valence-electron chi connectivity index (χ4n) is 3.63. The topological polar surface area (TPSA) is 59.4 Å². The zero-order valence-corrected chi connectivity index (χ0v) is 20.0. The Labute approximate surface area is 210 Å². The maximum atomic E-state index is 14.5. The molecular formula is C25H17F2N3NaO2. The fourth-order valence-corrected chi connectivity index (χ4v) is 3.63. The monoisotopic (exact) mass is 452 g/mol. The van der Waals surface area contributed by atoms with Gasteiger partial charge in [0.1, 0.15) is 23.1 Å². The van der Waals surface area contributed by atoms with Crippen LogP contribution in [0.5, 0.6) is 11.5 Å². The average molecular weight is 452 g/mol. The molecule has 5 aromatic rings. The van der Waals surface area contributed by atoms with E-state index in [1.807, 2.05) is 30.3 Å². The number of hydrogen-bond acceptors (Lipinski definition) is 3. The van der Waals surface area contributed by atoms with Gasteiger partial charge >= 0.3 is 0 Å². The van der Waals surface area contributed by atoms with Gasteiger partial charge in [0.15, 0.2) is 5.65 Å². The van der Waals surface area contributed by atoms with E-state index >= 15 is 0 Å². The second-order valence-electron chi connectivity index (χ2n) is 7.31. The molecule has 0 aliphatic heterocycles. The summed E-state index contributed by atoms with van der Waals surface area (Å²) in [6, 6.07) is 21.3. The Balaban J connectivity index is 0.00000259. The summed E-state index contributed by atoms with van der Waals surface area (Å²) in [7, 11) is 0. The first kappa shape index (κ1) is 22.9. The first-order chi connectivity index (χ1) is 15.5. The molecule has 33 heavy (non-hydrogen) atoms. The van der Waals surface area contributed by atoms with Gasteiger partial charge in [-0.1, -0.05) is 18.2 Å². The fraction of sp³-hybridized carbons (Fsp3) is 0.0400. The summed E-state index contributed by atoms with van der Waals surface area (Å²) < 4.78 is 34.9. The van der Waals surface area contributed by atoms with Crippen molar-refractivity contribution in [2.75, 3.05) is 0 Å². The molecule has 0 aliphatic rings. The van der Waals surface area contributed by atoms with Gasteiger partial charge in [-0.3, -0.25) is 9.89 Å². The van der Waals surface area contributed by atoms with Crippen LogP contribution in [0.4, 0.5) is 8.78 Å².